The molecule has 18 heavy (non-hydrogen) atoms. The van der Waals surface area contributed by atoms with Crippen molar-refractivity contribution in [2.45, 2.75) is 18.9 Å². The number of likely N-dealkylation sites (tertiary alicyclic amines) is 1. The van der Waals surface area contributed by atoms with Crippen molar-refractivity contribution in [3.05, 3.63) is 35.9 Å². The van der Waals surface area contributed by atoms with Gasteiger partial charge < -0.3 is 10.4 Å². The maximum Gasteiger partial charge on any atom is 0.234 e. The van der Waals surface area contributed by atoms with Gasteiger partial charge in [0.05, 0.1) is 12.6 Å². The molecule has 1 heterocycles. The van der Waals surface area contributed by atoms with Crippen LogP contribution in [0.2, 0.25) is 0 Å². The summed E-state index contributed by atoms with van der Waals surface area (Å²) in [5.41, 5.74) is 1.23. The first-order chi connectivity index (χ1) is 8.74. The summed E-state index contributed by atoms with van der Waals surface area (Å²) in [5, 5.41) is 12.3. The average Bonchev–Trinajstić information content (AvgIpc) is 2.76. The van der Waals surface area contributed by atoms with E-state index in [0.717, 1.165) is 19.4 Å². The third kappa shape index (κ3) is 4.13. The van der Waals surface area contributed by atoms with Crippen LogP contribution >= 0.6 is 0 Å². The van der Waals surface area contributed by atoms with E-state index in [2.05, 4.69) is 17.4 Å². The maximum absolute atomic E-state index is 11.7. The Morgan fingerprint density at radius 1 is 1.39 bits per heavy atom. The van der Waals surface area contributed by atoms with E-state index in [-0.39, 0.29) is 12.0 Å². The summed E-state index contributed by atoms with van der Waals surface area (Å²) in [4.78, 5) is 13.7. The lowest BCUT2D eigenvalue weighted by atomic mass is 10.1. The normalized spacial score (nSPS) is 19.9. The van der Waals surface area contributed by atoms with Gasteiger partial charge in [0.15, 0.2) is 0 Å². The Kier molecular flexibility index (Phi) is 4.73. The van der Waals surface area contributed by atoms with Crippen LogP contribution in [0.4, 0.5) is 0 Å². The molecule has 1 amide bonds. The topological polar surface area (TPSA) is 52.6 Å². The van der Waals surface area contributed by atoms with Gasteiger partial charge in [-0.1, -0.05) is 30.3 Å². The molecule has 1 aromatic carbocycles. The van der Waals surface area contributed by atoms with E-state index >= 15 is 0 Å². The van der Waals surface area contributed by atoms with Crippen LogP contribution in [0.25, 0.3) is 0 Å². The second-order valence-corrected chi connectivity index (χ2v) is 4.76. The Morgan fingerprint density at radius 2 is 2.17 bits per heavy atom. The van der Waals surface area contributed by atoms with E-state index in [1.807, 2.05) is 23.1 Å². The minimum absolute atomic E-state index is 0.0417. The standard InChI is InChI=1S/C14H20N2O2/c17-13-7-9-16(10-13)11-14(18)15-8-6-12-4-2-1-3-5-12/h1-5,13,17H,6-11H2,(H,15,18)/t13-/m0/s1. The van der Waals surface area contributed by atoms with E-state index in [1.54, 1.807) is 0 Å². The number of benzene rings is 1. The van der Waals surface area contributed by atoms with Crippen molar-refractivity contribution in [1.29, 1.82) is 0 Å². The third-order valence-corrected chi connectivity index (χ3v) is 3.19. The average molecular weight is 248 g/mol. The summed E-state index contributed by atoms with van der Waals surface area (Å²) in [5.74, 6) is 0.0417. The first-order valence-corrected chi connectivity index (χ1v) is 6.45. The van der Waals surface area contributed by atoms with Crippen LogP contribution in [0.1, 0.15) is 12.0 Å². The largest absolute Gasteiger partial charge is 0.392 e. The lowest BCUT2D eigenvalue weighted by Gasteiger charge is -2.14. The van der Waals surface area contributed by atoms with Crippen molar-refractivity contribution in [1.82, 2.24) is 10.2 Å². The van der Waals surface area contributed by atoms with E-state index in [4.69, 9.17) is 0 Å². The highest BCUT2D eigenvalue weighted by Crippen LogP contribution is 2.07. The van der Waals surface area contributed by atoms with Gasteiger partial charge in [0, 0.05) is 19.6 Å². The zero-order valence-electron chi connectivity index (χ0n) is 10.5. The summed E-state index contributed by atoms with van der Waals surface area (Å²) in [7, 11) is 0. The molecule has 1 atom stereocenters. The van der Waals surface area contributed by atoms with E-state index in [0.29, 0.717) is 19.6 Å². The zero-order valence-corrected chi connectivity index (χ0v) is 10.5. The van der Waals surface area contributed by atoms with Crippen LogP contribution in [0, 0.1) is 0 Å². The molecule has 2 rings (SSSR count). The first-order valence-electron chi connectivity index (χ1n) is 6.45. The number of nitrogens with zero attached hydrogens (tertiary/aromatic N) is 1. The molecule has 4 nitrogen and oxygen atoms in total. The molecule has 0 bridgehead atoms. The molecule has 0 aliphatic carbocycles. The van der Waals surface area contributed by atoms with Crippen LogP contribution in [-0.2, 0) is 11.2 Å². The van der Waals surface area contributed by atoms with Gasteiger partial charge in [-0.15, -0.1) is 0 Å². The van der Waals surface area contributed by atoms with Crippen molar-refractivity contribution >= 4 is 5.91 Å². The summed E-state index contributed by atoms with van der Waals surface area (Å²) < 4.78 is 0. The minimum Gasteiger partial charge on any atom is -0.392 e. The van der Waals surface area contributed by atoms with Crippen LogP contribution in [0.5, 0.6) is 0 Å². The number of aliphatic hydroxyl groups is 1. The second kappa shape index (κ2) is 6.52. The third-order valence-electron chi connectivity index (χ3n) is 3.19. The van der Waals surface area contributed by atoms with Gasteiger partial charge >= 0.3 is 0 Å². The molecular weight excluding hydrogens is 228 g/mol. The monoisotopic (exact) mass is 248 g/mol. The second-order valence-electron chi connectivity index (χ2n) is 4.76. The Labute approximate surface area is 108 Å². The smallest absolute Gasteiger partial charge is 0.234 e. The molecule has 0 saturated carbocycles. The Morgan fingerprint density at radius 3 is 2.83 bits per heavy atom. The number of amides is 1. The number of nitrogens with one attached hydrogen (secondary N) is 1. The first kappa shape index (κ1) is 13.1. The Bertz CT molecular complexity index is 381. The summed E-state index contributed by atoms with van der Waals surface area (Å²) in [6.07, 6.45) is 1.37. The predicted molar refractivity (Wildman–Crippen MR) is 70.2 cm³/mol. The van der Waals surface area contributed by atoms with Gasteiger partial charge in [-0.2, -0.15) is 0 Å². The molecule has 1 saturated heterocycles. The maximum atomic E-state index is 11.7. The molecule has 0 aromatic heterocycles. The number of carbonyl (C=O) groups is 1. The van der Waals surface area contributed by atoms with Crippen LogP contribution in [-0.4, -0.2) is 48.2 Å². The molecule has 1 aromatic rings. The van der Waals surface area contributed by atoms with Crippen molar-refractivity contribution < 1.29 is 9.90 Å². The fraction of sp³-hybridized carbons (Fsp3) is 0.500. The fourth-order valence-electron chi connectivity index (χ4n) is 2.21. The minimum atomic E-state index is -0.262. The van der Waals surface area contributed by atoms with Gasteiger partial charge in [-0.05, 0) is 18.4 Å². The van der Waals surface area contributed by atoms with Crippen molar-refractivity contribution in [2.24, 2.45) is 0 Å². The lowest BCUT2D eigenvalue weighted by Crippen LogP contribution is -2.37. The van der Waals surface area contributed by atoms with Crippen LogP contribution in [0.3, 0.4) is 0 Å². The molecule has 2 N–H and O–H groups in total. The summed E-state index contributed by atoms with van der Waals surface area (Å²) >= 11 is 0. The van der Waals surface area contributed by atoms with Gasteiger partial charge in [0.2, 0.25) is 5.91 Å². The van der Waals surface area contributed by atoms with Gasteiger partial charge in [-0.25, -0.2) is 0 Å². The molecular formula is C14H20N2O2. The molecule has 1 aliphatic rings. The molecule has 0 unspecified atom stereocenters. The fourth-order valence-corrected chi connectivity index (χ4v) is 2.21. The van der Waals surface area contributed by atoms with Crippen molar-refractivity contribution in [3.8, 4) is 0 Å². The van der Waals surface area contributed by atoms with Crippen LogP contribution < -0.4 is 5.32 Å². The highest BCUT2D eigenvalue weighted by Gasteiger charge is 2.21. The van der Waals surface area contributed by atoms with Crippen molar-refractivity contribution in [2.75, 3.05) is 26.2 Å². The lowest BCUT2D eigenvalue weighted by molar-refractivity contribution is -0.122. The quantitative estimate of drug-likeness (QED) is 0.793. The predicted octanol–water partition coefficient (Wildman–Crippen LogP) is 0.412. The molecule has 98 valence electrons. The van der Waals surface area contributed by atoms with E-state index in [9.17, 15) is 9.90 Å². The highest BCUT2D eigenvalue weighted by molar-refractivity contribution is 5.78. The number of hydrogen-bond donors (Lipinski definition) is 2. The molecule has 0 spiro atoms. The zero-order chi connectivity index (χ0) is 12.8. The van der Waals surface area contributed by atoms with Crippen LogP contribution in [0.15, 0.2) is 30.3 Å². The SMILES string of the molecule is O=C(CN1CC[C@H](O)C1)NCCc1ccccc1. The molecule has 4 heteroatoms. The van der Waals surface area contributed by atoms with Gasteiger partial charge in [0.1, 0.15) is 0 Å². The number of hydrogen-bond acceptors (Lipinski definition) is 3. The number of rotatable bonds is 5. The summed E-state index contributed by atoms with van der Waals surface area (Å²) in [6, 6.07) is 10.1. The Balaban J connectivity index is 1.63. The Hall–Kier alpha value is -1.39. The summed E-state index contributed by atoms with van der Waals surface area (Å²) in [6.45, 7) is 2.49. The molecule has 1 fully saturated rings. The van der Waals surface area contributed by atoms with Gasteiger partial charge in [0.25, 0.3) is 0 Å². The number of β-amino-alcohol motifs (C(OH)–C–C–N with tert-alkyl or cyclic N) is 1. The van der Waals surface area contributed by atoms with Crippen molar-refractivity contribution in [3.63, 3.8) is 0 Å². The van der Waals surface area contributed by atoms with E-state index < -0.39 is 0 Å². The molecule has 0 radical (unpaired) electrons. The number of aliphatic hydroxyl groups excluding tert-OH is 1. The van der Waals surface area contributed by atoms with E-state index in [1.165, 1.54) is 5.56 Å². The number of carbonyl (C=O) groups excluding carboxylic acids is 1. The molecule has 1 aliphatic heterocycles. The highest BCUT2D eigenvalue weighted by atomic mass is 16.3. The van der Waals surface area contributed by atoms with Gasteiger partial charge in [-0.3, -0.25) is 9.69 Å².